The summed E-state index contributed by atoms with van der Waals surface area (Å²) < 4.78 is 2.21. The molecular weight excluding hydrogens is 485 g/mol. The second-order valence-corrected chi connectivity index (χ2v) is 9.60. The molecule has 0 aliphatic heterocycles. The fraction of sp³-hybridized carbons (Fsp3) is 0.222. The maximum atomic E-state index is 12.9. The molecule has 1 aliphatic carbocycles. The van der Waals surface area contributed by atoms with E-state index in [2.05, 4.69) is 9.88 Å². The number of hydrogen-bond donors (Lipinski definition) is 2. The molecule has 1 saturated carbocycles. The van der Waals surface area contributed by atoms with Gasteiger partial charge in [-0.05, 0) is 60.9 Å². The molecule has 2 N–H and O–H groups in total. The number of carboxylic acid groups (broad SMARTS) is 1. The number of nitrogens with one attached hydrogen (secondary N) is 1. The van der Waals surface area contributed by atoms with Crippen molar-refractivity contribution in [3.8, 4) is 11.4 Å². The van der Waals surface area contributed by atoms with Crippen molar-refractivity contribution in [2.24, 2.45) is 0 Å². The molecule has 5 rings (SSSR count). The van der Waals surface area contributed by atoms with E-state index in [0.717, 1.165) is 48.2 Å². The molecule has 3 aromatic carbocycles. The average Bonchev–Trinajstić information content (AvgIpc) is 3.50. The van der Waals surface area contributed by atoms with E-state index in [-0.39, 0.29) is 24.1 Å². The van der Waals surface area contributed by atoms with Crippen LogP contribution < -0.4 is 5.32 Å². The van der Waals surface area contributed by atoms with Crippen LogP contribution in [0.5, 0.6) is 0 Å². The van der Waals surface area contributed by atoms with Crippen LogP contribution in [0.2, 0.25) is 10.0 Å². The first-order valence-corrected chi connectivity index (χ1v) is 12.2. The summed E-state index contributed by atoms with van der Waals surface area (Å²) in [7, 11) is 0. The second kappa shape index (κ2) is 9.72. The van der Waals surface area contributed by atoms with Gasteiger partial charge in [0.25, 0.3) is 5.91 Å². The van der Waals surface area contributed by atoms with Crippen molar-refractivity contribution in [1.29, 1.82) is 0 Å². The summed E-state index contributed by atoms with van der Waals surface area (Å²) in [6, 6.07) is 17.9. The molecule has 1 fully saturated rings. The molecule has 6 nitrogen and oxygen atoms in total. The Morgan fingerprint density at radius 3 is 2.54 bits per heavy atom. The number of halogens is 2. The van der Waals surface area contributed by atoms with Crippen molar-refractivity contribution in [2.75, 3.05) is 0 Å². The Bertz CT molecular complexity index is 1440. The zero-order valence-electron chi connectivity index (χ0n) is 18.8. The van der Waals surface area contributed by atoms with Gasteiger partial charge < -0.3 is 15.0 Å². The molecule has 4 aromatic rings. The van der Waals surface area contributed by atoms with Crippen LogP contribution in [0.1, 0.15) is 58.0 Å². The normalized spacial score (nSPS) is 13.9. The van der Waals surface area contributed by atoms with Gasteiger partial charge >= 0.3 is 5.97 Å². The van der Waals surface area contributed by atoms with E-state index in [0.29, 0.717) is 21.1 Å². The summed E-state index contributed by atoms with van der Waals surface area (Å²) in [4.78, 5) is 29.3. The van der Waals surface area contributed by atoms with Gasteiger partial charge in [0, 0.05) is 33.8 Å². The topological polar surface area (TPSA) is 84.2 Å². The van der Waals surface area contributed by atoms with Gasteiger partial charge in [-0.15, -0.1) is 0 Å². The van der Waals surface area contributed by atoms with E-state index in [1.807, 2.05) is 24.3 Å². The lowest BCUT2D eigenvalue weighted by atomic mass is 10.1. The number of fused-ring (bicyclic) bond motifs is 1. The van der Waals surface area contributed by atoms with Crippen molar-refractivity contribution >= 4 is 46.1 Å². The Morgan fingerprint density at radius 2 is 1.80 bits per heavy atom. The van der Waals surface area contributed by atoms with Crippen LogP contribution in [0.3, 0.4) is 0 Å². The number of aromatic carboxylic acids is 1. The van der Waals surface area contributed by atoms with Crippen LogP contribution in [0.4, 0.5) is 0 Å². The quantitative estimate of drug-likeness (QED) is 0.302. The smallest absolute Gasteiger partial charge is 0.335 e. The number of imidazole rings is 1. The highest BCUT2D eigenvalue weighted by molar-refractivity contribution is 6.35. The molecule has 0 unspecified atom stereocenters. The van der Waals surface area contributed by atoms with E-state index in [1.165, 1.54) is 0 Å². The summed E-state index contributed by atoms with van der Waals surface area (Å²) in [6.07, 6.45) is 4.38. The van der Waals surface area contributed by atoms with Crippen LogP contribution in [0.15, 0.2) is 60.7 Å². The largest absolute Gasteiger partial charge is 0.478 e. The number of amides is 1. The first-order valence-electron chi connectivity index (χ1n) is 11.5. The maximum absolute atomic E-state index is 12.9. The van der Waals surface area contributed by atoms with Gasteiger partial charge in [0.2, 0.25) is 0 Å². The Morgan fingerprint density at radius 1 is 1.00 bits per heavy atom. The molecule has 0 atom stereocenters. The third kappa shape index (κ3) is 4.77. The van der Waals surface area contributed by atoms with Crippen molar-refractivity contribution in [3.63, 3.8) is 0 Å². The van der Waals surface area contributed by atoms with Crippen molar-refractivity contribution < 1.29 is 14.7 Å². The lowest BCUT2D eigenvalue weighted by Gasteiger charge is -2.17. The van der Waals surface area contributed by atoms with E-state index in [9.17, 15) is 14.7 Å². The van der Waals surface area contributed by atoms with Crippen LogP contribution in [0, 0.1) is 0 Å². The minimum Gasteiger partial charge on any atom is -0.478 e. The van der Waals surface area contributed by atoms with Gasteiger partial charge in [-0.1, -0.05) is 54.2 Å². The summed E-state index contributed by atoms with van der Waals surface area (Å²) in [5.74, 6) is -0.470. The fourth-order valence-electron chi connectivity index (χ4n) is 4.71. The molecular formula is C27H23Cl2N3O3. The van der Waals surface area contributed by atoms with Crippen molar-refractivity contribution in [3.05, 3.63) is 87.4 Å². The number of benzene rings is 3. The number of hydrogen-bond acceptors (Lipinski definition) is 3. The highest BCUT2D eigenvalue weighted by Crippen LogP contribution is 2.37. The highest BCUT2D eigenvalue weighted by atomic mass is 35.5. The Hall–Kier alpha value is -3.35. The monoisotopic (exact) mass is 507 g/mol. The molecule has 0 radical (unpaired) electrons. The number of aromatic nitrogens is 2. The van der Waals surface area contributed by atoms with Crippen molar-refractivity contribution in [1.82, 2.24) is 14.9 Å². The second-order valence-electron chi connectivity index (χ2n) is 8.75. The third-order valence-corrected chi connectivity index (χ3v) is 7.05. The standard InChI is InChI=1S/C27H23Cl2N3O3/c28-20-10-8-19(22(29)14-20)15-30-26(33)17-5-3-4-16(12-17)25-31-23-13-18(27(34)35)9-11-24(23)32(25)21-6-1-2-7-21/h3-5,8-14,21H,1-2,6-7,15H2,(H,30,33)(H,34,35). The Labute approximate surface area is 212 Å². The van der Waals surface area contributed by atoms with E-state index >= 15 is 0 Å². The molecule has 178 valence electrons. The molecule has 0 spiro atoms. The van der Waals surface area contributed by atoms with Crippen LogP contribution >= 0.6 is 23.2 Å². The predicted octanol–water partition coefficient (Wildman–Crippen LogP) is 6.75. The van der Waals surface area contributed by atoms with Gasteiger partial charge in [-0.2, -0.15) is 0 Å². The lowest BCUT2D eigenvalue weighted by molar-refractivity contribution is 0.0696. The molecule has 1 aliphatic rings. The van der Waals surface area contributed by atoms with E-state index in [4.69, 9.17) is 28.2 Å². The summed E-state index contributed by atoms with van der Waals surface area (Å²) in [5, 5.41) is 13.4. The first kappa shape index (κ1) is 23.4. The number of nitrogens with zero attached hydrogens (tertiary/aromatic N) is 2. The zero-order valence-corrected chi connectivity index (χ0v) is 20.3. The zero-order chi connectivity index (χ0) is 24.5. The highest BCUT2D eigenvalue weighted by Gasteiger charge is 2.24. The fourth-order valence-corrected chi connectivity index (χ4v) is 5.18. The molecule has 1 amide bonds. The Kier molecular flexibility index (Phi) is 6.50. The number of carbonyl (C=O) groups is 2. The lowest BCUT2D eigenvalue weighted by Crippen LogP contribution is -2.23. The molecule has 0 saturated heterocycles. The summed E-state index contributed by atoms with van der Waals surface area (Å²) >= 11 is 12.2. The van der Waals surface area contributed by atoms with Gasteiger partial charge in [0.05, 0.1) is 16.6 Å². The minimum absolute atomic E-state index is 0.203. The molecule has 1 aromatic heterocycles. The predicted molar refractivity (Wildman–Crippen MR) is 137 cm³/mol. The van der Waals surface area contributed by atoms with E-state index in [1.54, 1.807) is 36.4 Å². The minimum atomic E-state index is -0.983. The number of carboxylic acids is 1. The Balaban J connectivity index is 1.48. The molecule has 0 bridgehead atoms. The number of rotatable bonds is 6. The van der Waals surface area contributed by atoms with Crippen LogP contribution in [-0.4, -0.2) is 26.5 Å². The van der Waals surface area contributed by atoms with Crippen LogP contribution in [-0.2, 0) is 6.54 Å². The van der Waals surface area contributed by atoms with Crippen LogP contribution in [0.25, 0.3) is 22.4 Å². The van der Waals surface area contributed by atoms with E-state index < -0.39 is 5.97 Å². The van der Waals surface area contributed by atoms with Gasteiger partial charge in [-0.3, -0.25) is 4.79 Å². The maximum Gasteiger partial charge on any atom is 0.335 e. The SMILES string of the molecule is O=C(O)c1ccc2c(c1)nc(-c1cccc(C(=O)NCc3ccc(Cl)cc3Cl)c1)n2C1CCCC1. The number of carbonyl (C=O) groups excluding carboxylic acids is 1. The summed E-state index contributed by atoms with van der Waals surface area (Å²) in [5.41, 5.74) is 3.83. The molecule has 35 heavy (non-hydrogen) atoms. The summed E-state index contributed by atoms with van der Waals surface area (Å²) in [6.45, 7) is 0.275. The van der Waals surface area contributed by atoms with Gasteiger partial charge in [-0.25, -0.2) is 9.78 Å². The third-order valence-electron chi connectivity index (χ3n) is 6.46. The van der Waals surface area contributed by atoms with Gasteiger partial charge in [0.1, 0.15) is 5.82 Å². The molecule has 8 heteroatoms. The first-order chi connectivity index (χ1) is 16.9. The average molecular weight is 508 g/mol. The molecule has 1 heterocycles. The van der Waals surface area contributed by atoms with Crippen molar-refractivity contribution in [2.45, 2.75) is 38.3 Å². The van der Waals surface area contributed by atoms with Gasteiger partial charge in [0.15, 0.2) is 0 Å².